The number of benzene rings is 1. The Hall–Kier alpha value is -2.01. The molecule has 0 atom stereocenters. The Balaban J connectivity index is 2.57. The Morgan fingerprint density at radius 2 is 2.00 bits per heavy atom. The summed E-state index contributed by atoms with van der Waals surface area (Å²) in [5.41, 5.74) is 1.25. The maximum absolute atomic E-state index is 5.69. The first-order valence-electron chi connectivity index (χ1n) is 8.29. The van der Waals surface area contributed by atoms with Gasteiger partial charge in [-0.15, -0.1) is 0 Å². The van der Waals surface area contributed by atoms with Crippen molar-refractivity contribution < 1.29 is 4.74 Å². The van der Waals surface area contributed by atoms with Crippen LogP contribution in [0.25, 0.3) is 0 Å². The van der Waals surface area contributed by atoms with Gasteiger partial charge in [-0.3, -0.25) is 4.99 Å². The van der Waals surface area contributed by atoms with Crippen LogP contribution in [0.4, 0.5) is 0 Å². The zero-order valence-electron chi connectivity index (χ0n) is 15.7. The van der Waals surface area contributed by atoms with E-state index in [0.717, 1.165) is 30.4 Å². The van der Waals surface area contributed by atoms with Crippen LogP contribution >= 0.6 is 0 Å². The highest BCUT2D eigenvalue weighted by Crippen LogP contribution is 2.18. The fourth-order valence-electron chi connectivity index (χ4n) is 2.57. The van der Waals surface area contributed by atoms with Crippen molar-refractivity contribution in [2.24, 2.45) is 10.4 Å². The molecule has 0 spiro atoms. The maximum Gasteiger partial charge on any atom is 0.191 e. The van der Waals surface area contributed by atoms with E-state index in [-0.39, 0.29) is 5.41 Å². The van der Waals surface area contributed by atoms with Crippen molar-refractivity contribution in [3.8, 4) is 5.75 Å². The van der Waals surface area contributed by atoms with Crippen molar-refractivity contribution in [1.29, 1.82) is 0 Å². The molecule has 2 N–H and O–H groups in total. The smallest absolute Gasteiger partial charge is 0.191 e. The highest BCUT2D eigenvalue weighted by molar-refractivity contribution is 5.79. The molecule has 134 valence electrons. The average Bonchev–Trinajstić information content (AvgIpc) is 2.52. The molecule has 1 aromatic rings. The SMILES string of the molecule is C=CCOc1ccccc1CNC(=NC)NCC(C)(C)CN(C)C. The predicted molar refractivity (Wildman–Crippen MR) is 103 cm³/mol. The summed E-state index contributed by atoms with van der Waals surface area (Å²) >= 11 is 0. The monoisotopic (exact) mass is 332 g/mol. The van der Waals surface area contributed by atoms with Gasteiger partial charge in [-0.25, -0.2) is 0 Å². The molecule has 0 aliphatic rings. The Morgan fingerprint density at radius 1 is 1.29 bits per heavy atom. The van der Waals surface area contributed by atoms with Crippen LogP contribution in [0.3, 0.4) is 0 Å². The summed E-state index contributed by atoms with van der Waals surface area (Å²) in [6.45, 7) is 11.2. The highest BCUT2D eigenvalue weighted by atomic mass is 16.5. The minimum Gasteiger partial charge on any atom is -0.489 e. The van der Waals surface area contributed by atoms with E-state index >= 15 is 0 Å². The Morgan fingerprint density at radius 3 is 2.62 bits per heavy atom. The molecular formula is C19H32N4O. The Bertz CT molecular complexity index is 538. The van der Waals surface area contributed by atoms with Crippen molar-refractivity contribution in [1.82, 2.24) is 15.5 Å². The maximum atomic E-state index is 5.69. The summed E-state index contributed by atoms with van der Waals surface area (Å²) < 4.78 is 5.69. The van der Waals surface area contributed by atoms with E-state index in [1.165, 1.54) is 0 Å². The first-order valence-corrected chi connectivity index (χ1v) is 8.29. The van der Waals surface area contributed by atoms with E-state index < -0.39 is 0 Å². The van der Waals surface area contributed by atoms with Crippen LogP contribution in [0.2, 0.25) is 0 Å². The number of nitrogens with one attached hydrogen (secondary N) is 2. The number of ether oxygens (including phenoxy) is 1. The third kappa shape index (κ3) is 7.51. The fourth-order valence-corrected chi connectivity index (χ4v) is 2.57. The van der Waals surface area contributed by atoms with Crippen molar-refractivity contribution in [3.63, 3.8) is 0 Å². The molecule has 1 aromatic carbocycles. The molecule has 24 heavy (non-hydrogen) atoms. The molecule has 1 rings (SSSR count). The van der Waals surface area contributed by atoms with E-state index in [2.05, 4.69) is 61.1 Å². The van der Waals surface area contributed by atoms with Gasteiger partial charge in [-0.1, -0.05) is 44.7 Å². The molecule has 0 radical (unpaired) electrons. The highest BCUT2D eigenvalue weighted by Gasteiger charge is 2.19. The van der Waals surface area contributed by atoms with Crippen molar-refractivity contribution in [2.45, 2.75) is 20.4 Å². The van der Waals surface area contributed by atoms with Gasteiger partial charge in [-0.05, 0) is 25.6 Å². The summed E-state index contributed by atoms with van der Waals surface area (Å²) in [6.07, 6.45) is 1.75. The van der Waals surface area contributed by atoms with E-state index in [1.807, 2.05) is 18.2 Å². The number of rotatable bonds is 9. The second-order valence-electron chi connectivity index (χ2n) is 6.89. The molecule has 0 unspecified atom stereocenters. The molecule has 0 saturated heterocycles. The summed E-state index contributed by atoms with van der Waals surface area (Å²) in [5, 5.41) is 6.75. The Kier molecular flexibility index (Phi) is 8.33. The normalized spacial score (nSPS) is 12.2. The largest absolute Gasteiger partial charge is 0.489 e. The predicted octanol–water partition coefficient (Wildman–Crippen LogP) is 2.50. The minimum absolute atomic E-state index is 0.159. The molecule has 0 bridgehead atoms. The topological polar surface area (TPSA) is 48.9 Å². The van der Waals surface area contributed by atoms with Crippen molar-refractivity contribution >= 4 is 5.96 Å². The quantitative estimate of drug-likeness (QED) is 0.414. The lowest BCUT2D eigenvalue weighted by molar-refractivity contribution is 0.241. The van der Waals surface area contributed by atoms with E-state index in [9.17, 15) is 0 Å². The zero-order valence-corrected chi connectivity index (χ0v) is 15.7. The first kappa shape index (κ1) is 20.0. The standard InChI is InChI=1S/C19H32N4O/c1-7-12-24-17-11-9-8-10-16(17)13-21-18(20-4)22-14-19(2,3)15-23(5)6/h7-11H,1,12-15H2,2-6H3,(H2,20,21,22). The summed E-state index contributed by atoms with van der Waals surface area (Å²) in [4.78, 5) is 6.50. The van der Waals surface area contributed by atoms with Crippen LogP contribution in [-0.4, -0.2) is 51.7 Å². The number of guanidine groups is 1. The molecule has 0 aliphatic heterocycles. The lowest BCUT2D eigenvalue weighted by Crippen LogP contribution is -2.44. The number of hydrogen-bond donors (Lipinski definition) is 2. The molecule has 5 nitrogen and oxygen atoms in total. The van der Waals surface area contributed by atoms with Gasteiger partial charge in [0.25, 0.3) is 0 Å². The number of nitrogens with zero attached hydrogens (tertiary/aromatic N) is 2. The van der Waals surface area contributed by atoms with Crippen LogP contribution < -0.4 is 15.4 Å². The second kappa shape index (κ2) is 9.98. The Labute approximate surface area is 146 Å². The van der Waals surface area contributed by atoms with Gasteiger partial charge in [0.15, 0.2) is 5.96 Å². The third-order valence-electron chi connectivity index (χ3n) is 3.48. The second-order valence-corrected chi connectivity index (χ2v) is 6.89. The lowest BCUT2D eigenvalue weighted by Gasteiger charge is -2.29. The van der Waals surface area contributed by atoms with Crippen molar-refractivity contribution in [2.75, 3.05) is 40.8 Å². The van der Waals surface area contributed by atoms with Gasteiger partial charge in [0.1, 0.15) is 12.4 Å². The molecule has 0 aliphatic carbocycles. The summed E-state index contributed by atoms with van der Waals surface area (Å²) in [7, 11) is 5.97. The van der Waals surface area contributed by atoms with Crippen LogP contribution in [0.1, 0.15) is 19.4 Å². The van der Waals surface area contributed by atoms with Crippen LogP contribution in [0.5, 0.6) is 5.75 Å². The van der Waals surface area contributed by atoms with Crippen LogP contribution in [0, 0.1) is 5.41 Å². The number of aliphatic imine (C=N–C) groups is 1. The zero-order chi connectivity index (χ0) is 18.0. The van der Waals surface area contributed by atoms with Gasteiger partial charge >= 0.3 is 0 Å². The van der Waals surface area contributed by atoms with Gasteiger partial charge in [0.2, 0.25) is 0 Å². The van der Waals surface area contributed by atoms with E-state index in [0.29, 0.717) is 13.2 Å². The summed E-state index contributed by atoms with van der Waals surface area (Å²) in [5.74, 6) is 1.66. The van der Waals surface area contributed by atoms with Crippen LogP contribution in [0.15, 0.2) is 41.9 Å². The molecule has 0 saturated carbocycles. The third-order valence-corrected chi connectivity index (χ3v) is 3.48. The fraction of sp³-hybridized carbons (Fsp3) is 0.526. The minimum atomic E-state index is 0.159. The molecule has 0 amide bonds. The average molecular weight is 332 g/mol. The van der Waals surface area contributed by atoms with Gasteiger partial charge in [0.05, 0.1) is 0 Å². The van der Waals surface area contributed by atoms with Gasteiger partial charge in [-0.2, -0.15) is 0 Å². The first-order chi connectivity index (χ1) is 11.4. The number of para-hydroxylation sites is 1. The molecule has 0 fully saturated rings. The van der Waals surface area contributed by atoms with Crippen LogP contribution in [-0.2, 0) is 6.54 Å². The van der Waals surface area contributed by atoms with Gasteiger partial charge in [0, 0.05) is 32.2 Å². The molecule has 0 aromatic heterocycles. The van der Waals surface area contributed by atoms with E-state index in [4.69, 9.17) is 4.74 Å². The summed E-state index contributed by atoms with van der Waals surface area (Å²) in [6, 6.07) is 8.00. The lowest BCUT2D eigenvalue weighted by atomic mass is 9.93. The van der Waals surface area contributed by atoms with Crippen molar-refractivity contribution in [3.05, 3.63) is 42.5 Å². The molecule has 0 heterocycles. The molecular weight excluding hydrogens is 300 g/mol. The van der Waals surface area contributed by atoms with Gasteiger partial charge < -0.3 is 20.3 Å². The van der Waals surface area contributed by atoms with E-state index in [1.54, 1.807) is 13.1 Å². The molecule has 5 heteroatoms. The number of hydrogen-bond acceptors (Lipinski definition) is 3.